The van der Waals surface area contributed by atoms with Crippen LogP contribution in [0.25, 0.3) is 0 Å². The molecule has 1 aromatic heterocycles. The van der Waals surface area contributed by atoms with E-state index in [4.69, 9.17) is 0 Å². The maximum atomic E-state index is 4.50. The minimum Gasteiger partial charge on any atom is -0.359 e. The number of amidine groups is 1. The molecule has 1 N–H and O–H groups in total. The first-order valence-electron chi connectivity index (χ1n) is 5.44. The number of nitrogens with one attached hydrogen (secondary N) is 1. The highest BCUT2D eigenvalue weighted by atomic mass is 32.2. The van der Waals surface area contributed by atoms with Crippen LogP contribution in [-0.2, 0) is 6.54 Å². The molecule has 1 aliphatic heterocycles. The van der Waals surface area contributed by atoms with Crippen LogP contribution in [0.4, 0.5) is 0 Å². The summed E-state index contributed by atoms with van der Waals surface area (Å²) < 4.78 is 0. The topological polar surface area (TPSA) is 50.2 Å². The summed E-state index contributed by atoms with van der Waals surface area (Å²) in [5.41, 5.74) is 1.11. The summed E-state index contributed by atoms with van der Waals surface area (Å²) >= 11 is 1.78. The highest BCUT2D eigenvalue weighted by Gasteiger charge is 2.30. The van der Waals surface area contributed by atoms with Crippen molar-refractivity contribution in [2.24, 2.45) is 4.99 Å². The molecule has 86 valence electrons. The molecule has 1 fully saturated rings. The van der Waals surface area contributed by atoms with Gasteiger partial charge in [0.25, 0.3) is 0 Å². The predicted molar refractivity (Wildman–Crippen MR) is 67.5 cm³/mol. The Bertz CT molecular complexity index is 379. The lowest BCUT2D eigenvalue weighted by atomic mass is 10.0. The molecular formula is C11H16N4S. The zero-order chi connectivity index (χ0) is 11.4. The molecule has 1 atom stereocenters. The molecule has 0 amide bonds. The van der Waals surface area contributed by atoms with Gasteiger partial charge in [0.2, 0.25) is 0 Å². The molecule has 1 saturated heterocycles. The summed E-state index contributed by atoms with van der Waals surface area (Å²) in [6.07, 6.45) is 2.79. The molecule has 1 unspecified atom stereocenters. The average Bonchev–Trinajstić information content (AvgIpc) is 2.71. The van der Waals surface area contributed by atoms with Crippen molar-refractivity contribution in [1.29, 1.82) is 0 Å². The Morgan fingerprint density at radius 3 is 3.12 bits per heavy atom. The van der Waals surface area contributed by atoms with Gasteiger partial charge in [0, 0.05) is 17.5 Å². The van der Waals surface area contributed by atoms with E-state index in [0.717, 1.165) is 23.0 Å². The molecule has 0 aromatic carbocycles. The number of hydrogen-bond acceptors (Lipinski definition) is 4. The van der Waals surface area contributed by atoms with Crippen LogP contribution in [0.1, 0.15) is 26.0 Å². The molecule has 0 spiro atoms. The van der Waals surface area contributed by atoms with Crippen molar-refractivity contribution in [3.05, 3.63) is 24.0 Å². The summed E-state index contributed by atoms with van der Waals surface area (Å²) in [4.78, 5) is 4.50. The lowest BCUT2D eigenvalue weighted by molar-refractivity contribution is 0.466. The van der Waals surface area contributed by atoms with Crippen LogP contribution >= 0.6 is 11.8 Å². The van der Waals surface area contributed by atoms with Gasteiger partial charge in [-0.25, -0.2) is 0 Å². The normalized spacial score (nSPS) is 27.0. The monoisotopic (exact) mass is 236 g/mol. The fraction of sp³-hybridized carbons (Fsp3) is 0.545. The van der Waals surface area contributed by atoms with E-state index in [1.807, 2.05) is 12.1 Å². The van der Waals surface area contributed by atoms with Gasteiger partial charge in [-0.3, -0.25) is 4.99 Å². The van der Waals surface area contributed by atoms with Crippen molar-refractivity contribution in [1.82, 2.24) is 15.5 Å². The molecule has 0 aliphatic carbocycles. The predicted octanol–water partition coefficient (Wildman–Crippen LogP) is 1.84. The fourth-order valence-electron chi connectivity index (χ4n) is 1.40. The van der Waals surface area contributed by atoms with Gasteiger partial charge >= 0.3 is 0 Å². The highest BCUT2D eigenvalue weighted by Crippen LogP contribution is 2.25. The largest absolute Gasteiger partial charge is 0.359 e. The zero-order valence-corrected chi connectivity index (χ0v) is 10.4. The first-order chi connectivity index (χ1) is 7.72. The molecule has 1 aliphatic rings. The van der Waals surface area contributed by atoms with E-state index in [0.29, 0.717) is 6.54 Å². The third kappa shape index (κ3) is 2.72. The standard InChI is InChI=1S/C11H16N4S/c1-3-11(2)8-16-10(14-11)12-7-9-5-4-6-13-15-9/h4-6H,3,7-8H2,1-2H3,(H,12,14). The van der Waals surface area contributed by atoms with Gasteiger partial charge in [0.15, 0.2) is 5.17 Å². The Balaban J connectivity index is 1.95. The lowest BCUT2D eigenvalue weighted by Crippen LogP contribution is -2.39. The third-order valence-electron chi connectivity index (χ3n) is 2.73. The van der Waals surface area contributed by atoms with Crippen molar-refractivity contribution in [2.75, 3.05) is 5.75 Å². The molecule has 5 heteroatoms. The minimum atomic E-state index is 0.200. The van der Waals surface area contributed by atoms with Crippen LogP contribution in [0.15, 0.2) is 23.3 Å². The van der Waals surface area contributed by atoms with Gasteiger partial charge in [-0.2, -0.15) is 10.2 Å². The van der Waals surface area contributed by atoms with Crippen molar-refractivity contribution >= 4 is 16.9 Å². The molecule has 16 heavy (non-hydrogen) atoms. The average molecular weight is 236 g/mol. The SMILES string of the molecule is CCC1(C)CSC(=NCc2cccnn2)N1. The minimum absolute atomic E-state index is 0.200. The molecule has 1 aromatic rings. The number of rotatable bonds is 3. The second kappa shape index (κ2) is 4.82. The van der Waals surface area contributed by atoms with Gasteiger partial charge in [-0.1, -0.05) is 18.7 Å². The van der Waals surface area contributed by atoms with E-state index in [2.05, 4.69) is 34.4 Å². The number of thioether (sulfide) groups is 1. The summed E-state index contributed by atoms with van der Waals surface area (Å²) in [6, 6.07) is 3.82. The van der Waals surface area contributed by atoms with Gasteiger partial charge in [-0.05, 0) is 25.5 Å². The van der Waals surface area contributed by atoms with Crippen molar-refractivity contribution < 1.29 is 0 Å². The van der Waals surface area contributed by atoms with Crippen molar-refractivity contribution in [3.8, 4) is 0 Å². The third-order valence-corrected chi connectivity index (χ3v) is 4.01. The first kappa shape index (κ1) is 11.4. The summed E-state index contributed by atoms with van der Waals surface area (Å²) in [5.74, 6) is 1.09. The Morgan fingerprint density at radius 1 is 1.62 bits per heavy atom. The molecule has 4 nitrogen and oxygen atoms in total. The van der Waals surface area contributed by atoms with Gasteiger partial charge < -0.3 is 5.32 Å². The fourth-order valence-corrected chi connectivity index (χ4v) is 2.61. The molecular weight excluding hydrogens is 220 g/mol. The van der Waals surface area contributed by atoms with E-state index in [9.17, 15) is 0 Å². The Hall–Kier alpha value is -1.10. The molecule has 2 rings (SSSR count). The van der Waals surface area contributed by atoms with Crippen molar-refractivity contribution in [2.45, 2.75) is 32.4 Å². The van der Waals surface area contributed by atoms with Crippen LogP contribution in [0.3, 0.4) is 0 Å². The van der Waals surface area contributed by atoms with Crippen LogP contribution in [0.5, 0.6) is 0 Å². The van der Waals surface area contributed by atoms with Gasteiger partial charge in [-0.15, -0.1) is 0 Å². The van der Waals surface area contributed by atoms with E-state index in [-0.39, 0.29) is 5.54 Å². The maximum Gasteiger partial charge on any atom is 0.157 e. The second-order valence-corrected chi connectivity index (χ2v) is 5.13. The number of hydrogen-bond donors (Lipinski definition) is 1. The van der Waals surface area contributed by atoms with Gasteiger partial charge in [0.05, 0.1) is 12.2 Å². The Kier molecular flexibility index (Phi) is 3.43. The summed E-state index contributed by atoms with van der Waals surface area (Å²) in [7, 11) is 0. The van der Waals surface area contributed by atoms with Crippen molar-refractivity contribution in [3.63, 3.8) is 0 Å². The van der Waals surface area contributed by atoms with E-state index in [1.165, 1.54) is 0 Å². The zero-order valence-electron chi connectivity index (χ0n) is 9.60. The van der Waals surface area contributed by atoms with E-state index in [1.54, 1.807) is 18.0 Å². The maximum absolute atomic E-state index is 4.50. The summed E-state index contributed by atoms with van der Waals surface area (Å²) in [6.45, 7) is 5.02. The molecule has 2 heterocycles. The molecule has 0 bridgehead atoms. The smallest absolute Gasteiger partial charge is 0.157 e. The van der Waals surface area contributed by atoms with Gasteiger partial charge in [0.1, 0.15) is 0 Å². The van der Waals surface area contributed by atoms with Crippen LogP contribution in [0.2, 0.25) is 0 Å². The number of aliphatic imine (C=N–C) groups is 1. The highest BCUT2D eigenvalue weighted by molar-refractivity contribution is 8.14. The summed E-state index contributed by atoms with van der Waals surface area (Å²) in [5, 5.41) is 12.3. The number of nitrogens with zero attached hydrogens (tertiary/aromatic N) is 3. The molecule has 0 saturated carbocycles. The van der Waals surface area contributed by atoms with Crippen LogP contribution in [-0.4, -0.2) is 26.7 Å². The quantitative estimate of drug-likeness (QED) is 0.870. The van der Waals surface area contributed by atoms with E-state index < -0.39 is 0 Å². The number of aromatic nitrogens is 2. The lowest BCUT2D eigenvalue weighted by Gasteiger charge is -2.20. The van der Waals surface area contributed by atoms with Crippen LogP contribution in [0, 0.1) is 0 Å². The second-order valence-electron chi connectivity index (χ2n) is 4.16. The molecule has 0 radical (unpaired) electrons. The van der Waals surface area contributed by atoms with Crippen LogP contribution < -0.4 is 5.32 Å². The first-order valence-corrected chi connectivity index (χ1v) is 6.42. The Labute approximate surface area is 100.0 Å². The van der Waals surface area contributed by atoms with E-state index >= 15 is 0 Å². The Morgan fingerprint density at radius 2 is 2.50 bits per heavy atom.